The highest BCUT2D eigenvalue weighted by molar-refractivity contribution is 5.96. The molecule has 1 aliphatic rings. The van der Waals surface area contributed by atoms with Crippen molar-refractivity contribution in [1.29, 1.82) is 0 Å². The third-order valence-electron chi connectivity index (χ3n) is 2.73. The fraction of sp³-hybridized carbons (Fsp3) is 0.706. The van der Waals surface area contributed by atoms with Gasteiger partial charge in [-0.1, -0.05) is 6.92 Å². The highest BCUT2D eigenvalue weighted by Gasteiger charge is 2.35. The molecule has 1 rings (SSSR count). The molecular weight excluding hydrogens is 328 g/mol. The van der Waals surface area contributed by atoms with E-state index < -0.39 is 23.3 Å². The van der Waals surface area contributed by atoms with Crippen LogP contribution in [0.1, 0.15) is 61.3 Å². The van der Waals surface area contributed by atoms with E-state index in [2.05, 4.69) is 4.74 Å². The quantitative estimate of drug-likeness (QED) is 0.346. The summed E-state index contributed by atoms with van der Waals surface area (Å²) in [6.45, 7) is 12.7. The summed E-state index contributed by atoms with van der Waals surface area (Å²) in [6.07, 6.45) is -0.0285. The van der Waals surface area contributed by atoms with Crippen LogP contribution in [0, 0.1) is 0 Å². The first-order valence-corrected chi connectivity index (χ1v) is 8.12. The summed E-state index contributed by atoms with van der Waals surface area (Å²) < 4.78 is 9.75. The summed E-state index contributed by atoms with van der Waals surface area (Å²) >= 11 is 0. The average molecular weight is 358 g/mol. The maximum atomic E-state index is 11.9. The van der Waals surface area contributed by atoms with E-state index in [1.165, 1.54) is 4.90 Å². The molecule has 0 aromatic rings. The summed E-state index contributed by atoms with van der Waals surface area (Å²) in [7, 11) is 0. The van der Waals surface area contributed by atoms with Gasteiger partial charge in [-0.15, -0.1) is 0 Å². The third kappa shape index (κ3) is 8.97. The molecule has 144 valence electrons. The van der Waals surface area contributed by atoms with Gasteiger partial charge in [0, 0.05) is 19.4 Å². The molecule has 3 N–H and O–H groups in total. The molecule has 0 atom stereocenters. The fourth-order valence-corrected chi connectivity index (χ4v) is 1.73. The van der Waals surface area contributed by atoms with Crippen LogP contribution in [0.5, 0.6) is 0 Å². The second-order valence-corrected chi connectivity index (χ2v) is 7.48. The molecule has 8 nitrogen and oxygen atoms in total. The van der Waals surface area contributed by atoms with Gasteiger partial charge in [0.2, 0.25) is 5.91 Å². The van der Waals surface area contributed by atoms with Crippen molar-refractivity contribution in [1.82, 2.24) is 4.90 Å². The van der Waals surface area contributed by atoms with Gasteiger partial charge < -0.3 is 25.2 Å². The first-order chi connectivity index (χ1) is 11.2. The molecule has 8 heteroatoms. The molecule has 1 heterocycles. The Morgan fingerprint density at radius 2 is 1.60 bits per heavy atom. The van der Waals surface area contributed by atoms with Crippen molar-refractivity contribution >= 4 is 18.0 Å². The molecular formula is C17H30N2O6. The zero-order valence-corrected chi connectivity index (χ0v) is 16.1. The Bertz CT molecular complexity index is 540. The molecule has 1 aliphatic heterocycles. The van der Waals surface area contributed by atoms with Crippen molar-refractivity contribution < 1.29 is 29.0 Å². The SMILES string of the molecule is CC(C)(C)OC(N)=O.CC/C(O)=C(/C(=O)OC(C)(C)C)N1CCC1=O. The number of hydrogen-bond donors (Lipinski definition) is 2. The van der Waals surface area contributed by atoms with Gasteiger partial charge in [0.1, 0.15) is 17.0 Å². The average Bonchev–Trinajstić information content (AvgIpc) is 2.37. The molecule has 0 aromatic heterocycles. The topological polar surface area (TPSA) is 119 Å². The first-order valence-electron chi connectivity index (χ1n) is 8.12. The summed E-state index contributed by atoms with van der Waals surface area (Å²) in [6, 6.07) is 0. The van der Waals surface area contributed by atoms with E-state index in [9.17, 15) is 19.5 Å². The van der Waals surface area contributed by atoms with Crippen molar-refractivity contribution in [3.63, 3.8) is 0 Å². The standard InChI is InChI=1S/C12H19NO4.C5H11NO2/c1-5-8(14)10(13-7-6-9(13)15)11(16)17-12(2,3)4;1-5(2,3)8-4(6)7/h14H,5-7H2,1-4H3;1-3H3,(H2,6,7)/b10-8+;. The van der Waals surface area contributed by atoms with Gasteiger partial charge in [-0.3, -0.25) is 4.79 Å². The minimum Gasteiger partial charge on any atom is -0.510 e. The highest BCUT2D eigenvalue weighted by atomic mass is 16.6. The van der Waals surface area contributed by atoms with Crippen molar-refractivity contribution in [3.8, 4) is 0 Å². The normalized spacial score (nSPS) is 15.3. The van der Waals surface area contributed by atoms with E-state index in [-0.39, 0.29) is 17.4 Å². The van der Waals surface area contributed by atoms with E-state index in [4.69, 9.17) is 10.5 Å². The minimum atomic E-state index is -0.725. The molecule has 0 spiro atoms. The number of allylic oxidation sites excluding steroid dienone is 1. The van der Waals surface area contributed by atoms with Crippen molar-refractivity contribution in [2.24, 2.45) is 5.73 Å². The number of carbonyl (C=O) groups is 3. The van der Waals surface area contributed by atoms with Gasteiger partial charge in [0.15, 0.2) is 5.70 Å². The number of β-lactam (4-membered cyclic amide) rings is 1. The molecule has 0 bridgehead atoms. The van der Waals surface area contributed by atoms with Gasteiger partial charge >= 0.3 is 12.1 Å². The van der Waals surface area contributed by atoms with Crippen LogP contribution in [-0.4, -0.2) is 45.7 Å². The van der Waals surface area contributed by atoms with E-state index in [1.807, 2.05) is 0 Å². The van der Waals surface area contributed by atoms with Crippen LogP contribution in [0.15, 0.2) is 11.5 Å². The Morgan fingerprint density at radius 1 is 1.12 bits per heavy atom. The monoisotopic (exact) mass is 358 g/mol. The summed E-state index contributed by atoms with van der Waals surface area (Å²) in [5, 5.41) is 9.72. The number of nitrogens with two attached hydrogens (primary N) is 1. The van der Waals surface area contributed by atoms with Gasteiger partial charge in [-0.25, -0.2) is 9.59 Å². The van der Waals surface area contributed by atoms with E-state index in [0.29, 0.717) is 19.4 Å². The van der Waals surface area contributed by atoms with Crippen LogP contribution in [0.25, 0.3) is 0 Å². The maximum absolute atomic E-state index is 11.9. The molecule has 0 aromatic carbocycles. The van der Waals surface area contributed by atoms with Crippen molar-refractivity contribution in [2.45, 2.75) is 72.5 Å². The second-order valence-electron chi connectivity index (χ2n) is 7.48. The van der Waals surface area contributed by atoms with Gasteiger partial charge in [0.25, 0.3) is 0 Å². The summed E-state index contributed by atoms with van der Waals surface area (Å²) in [5.74, 6) is -0.914. The number of primary amides is 1. The smallest absolute Gasteiger partial charge is 0.405 e. The maximum Gasteiger partial charge on any atom is 0.405 e. The van der Waals surface area contributed by atoms with Gasteiger partial charge in [-0.2, -0.15) is 0 Å². The van der Waals surface area contributed by atoms with E-state index >= 15 is 0 Å². The van der Waals surface area contributed by atoms with Gasteiger partial charge in [0.05, 0.1) is 0 Å². The number of esters is 1. The number of carbonyl (C=O) groups excluding carboxylic acids is 3. The number of hydrogen-bond acceptors (Lipinski definition) is 6. The number of rotatable bonds is 3. The number of likely N-dealkylation sites (tertiary alicyclic amines) is 1. The largest absolute Gasteiger partial charge is 0.510 e. The molecule has 0 unspecified atom stereocenters. The lowest BCUT2D eigenvalue weighted by atomic mass is 10.1. The van der Waals surface area contributed by atoms with Crippen LogP contribution in [0.4, 0.5) is 4.79 Å². The molecule has 1 fully saturated rings. The number of aliphatic hydroxyl groups is 1. The van der Waals surface area contributed by atoms with Crippen LogP contribution in [-0.2, 0) is 19.1 Å². The number of aliphatic hydroxyl groups excluding tert-OH is 1. The first kappa shape index (κ1) is 22.8. The van der Waals surface area contributed by atoms with Crippen molar-refractivity contribution in [2.75, 3.05) is 6.54 Å². The minimum absolute atomic E-state index is 0.0151. The summed E-state index contributed by atoms with van der Waals surface area (Å²) in [4.78, 5) is 34.5. The lowest BCUT2D eigenvalue weighted by molar-refractivity contribution is -0.156. The molecule has 1 saturated heterocycles. The van der Waals surface area contributed by atoms with Crippen LogP contribution in [0.2, 0.25) is 0 Å². The van der Waals surface area contributed by atoms with Crippen LogP contribution < -0.4 is 5.73 Å². The lowest BCUT2D eigenvalue weighted by Gasteiger charge is -2.33. The Kier molecular flexibility index (Phi) is 7.95. The molecule has 0 saturated carbocycles. The van der Waals surface area contributed by atoms with Gasteiger partial charge in [-0.05, 0) is 41.5 Å². The zero-order chi connectivity index (χ0) is 20.0. The molecule has 2 amide bonds. The Labute approximate surface area is 148 Å². The van der Waals surface area contributed by atoms with Crippen LogP contribution >= 0.6 is 0 Å². The molecule has 0 radical (unpaired) electrons. The molecule has 0 aliphatic carbocycles. The predicted octanol–water partition coefficient (Wildman–Crippen LogP) is 2.62. The Morgan fingerprint density at radius 3 is 1.80 bits per heavy atom. The summed E-state index contributed by atoms with van der Waals surface area (Å²) in [5.41, 5.74) is 3.60. The third-order valence-corrected chi connectivity index (χ3v) is 2.73. The Hall–Kier alpha value is -2.25. The zero-order valence-electron chi connectivity index (χ0n) is 16.1. The number of ether oxygens (including phenoxy) is 2. The van der Waals surface area contributed by atoms with Crippen LogP contribution in [0.3, 0.4) is 0 Å². The predicted molar refractivity (Wildman–Crippen MR) is 92.5 cm³/mol. The van der Waals surface area contributed by atoms with Crippen molar-refractivity contribution in [3.05, 3.63) is 11.5 Å². The number of nitrogens with zero attached hydrogens (tertiary/aromatic N) is 1. The highest BCUT2D eigenvalue weighted by Crippen LogP contribution is 2.23. The molecule has 25 heavy (non-hydrogen) atoms. The van der Waals surface area contributed by atoms with E-state index in [1.54, 1.807) is 48.5 Å². The van der Waals surface area contributed by atoms with E-state index in [0.717, 1.165) is 0 Å². The Balaban J connectivity index is 0.000000609. The number of amides is 2. The second kappa shape index (κ2) is 8.73. The fourth-order valence-electron chi connectivity index (χ4n) is 1.73. The lowest BCUT2D eigenvalue weighted by Crippen LogP contribution is -2.46.